The molecule has 0 saturated carbocycles. The lowest BCUT2D eigenvalue weighted by molar-refractivity contribution is -0.384. The quantitative estimate of drug-likeness (QED) is 0.305. The zero-order valence-corrected chi connectivity index (χ0v) is 14.6. The highest BCUT2D eigenvalue weighted by Crippen LogP contribution is 2.38. The van der Waals surface area contributed by atoms with Gasteiger partial charge in [-0.05, 0) is 41.5 Å². The van der Waals surface area contributed by atoms with Gasteiger partial charge in [0.2, 0.25) is 0 Å². The predicted octanol–water partition coefficient (Wildman–Crippen LogP) is 3.48. The van der Waals surface area contributed by atoms with Crippen molar-refractivity contribution in [3.63, 3.8) is 0 Å². The number of nitro benzene ring substituents is 1. The molecule has 28 heavy (non-hydrogen) atoms. The van der Waals surface area contributed by atoms with Crippen molar-refractivity contribution >= 4 is 34.5 Å². The molecule has 1 aliphatic carbocycles. The fourth-order valence-electron chi connectivity index (χ4n) is 3.95. The molecule has 2 aliphatic rings. The molecule has 7 nitrogen and oxygen atoms in total. The average Bonchev–Trinajstić information content (AvgIpc) is 3.13. The number of hydrogen-bond donors (Lipinski definition) is 0. The summed E-state index contributed by atoms with van der Waals surface area (Å²) < 4.78 is 0. The second kappa shape index (κ2) is 5.82. The molecule has 136 valence electrons. The number of amides is 2. The number of nitro groups is 1. The fraction of sp³-hybridized carbons (Fsp3) is 0.0952. The number of hydrogen-bond acceptors (Lipinski definition) is 5. The Bertz CT molecular complexity index is 1190. The summed E-state index contributed by atoms with van der Waals surface area (Å²) in [6.45, 7) is 0. The van der Waals surface area contributed by atoms with E-state index in [4.69, 9.17) is 0 Å². The Balaban J connectivity index is 1.58. The standard InChI is InChI=1S/C21H13N3O4/c25-20-16-8-6-13-4-5-14-7-9-17(19(16)18(13)14)21(26)23(20)22-11-12-2-1-3-15(10-12)24(27)28/h1-3,6-11H,4-5H2/b22-11+. The minimum atomic E-state index is -0.512. The van der Waals surface area contributed by atoms with Crippen molar-refractivity contribution in [2.24, 2.45) is 5.10 Å². The molecule has 3 aromatic carbocycles. The number of rotatable bonds is 3. The molecule has 0 N–H and O–H groups in total. The monoisotopic (exact) mass is 371 g/mol. The van der Waals surface area contributed by atoms with Gasteiger partial charge in [0.25, 0.3) is 17.5 Å². The van der Waals surface area contributed by atoms with Crippen molar-refractivity contribution in [3.05, 3.63) is 86.5 Å². The van der Waals surface area contributed by atoms with E-state index in [9.17, 15) is 19.7 Å². The summed E-state index contributed by atoms with van der Waals surface area (Å²) in [5.74, 6) is -0.982. The minimum Gasteiger partial charge on any atom is -0.267 e. The van der Waals surface area contributed by atoms with Crippen LogP contribution in [0.25, 0.3) is 10.8 Å². The van der Waals surface area contributed by atoms with Crippen LogP contribution in [0, 0.1) is 10.1 Å². The predicted molar refractivity (Wildman–Crippen MR) is 103 cm³/mol. The molecule has 0 fully saturated rings. The Kier molecular flexibility index (Phi) is 3.39. The van der Waals surface area contributed by atoms with E-state index in [0.29, 0.717) is 22.1 Å². The number of nitrogens with zero attached hydrogens (tertiary/aromatic N) is 3. The van der Waals surface area contributed by atoms with Crippen molar-refractivity contribution in [1.29, 1.82) is 0 Å². The lowest BCUT2D eigenvalue weighted by Gasteiger charge is -2.23. The zero-order chi connectivity index (χ0) is 19.4. The Morgan fingerprint density at radius 3 is 2.18 bits per heavy atom. The van der Waals surface area contributed by atoms with Gasteiger partial charge in [0.15, 0.2) is 0 Å². The third kappa shape index (κ3) is 2.26. The second-order valence-electron chi connectivity index (χ2n) is 6.81. The number of hydrazone groups is 1. The van der Waals surface area contributed by atoms with Crippen LogP contribution in [0.15, 0.2) is 53.6 Å². The lowest BCUT2D eigenvalue weighted by atomic mass is 9.92. The SMILES string of the molecule is O=C1c2ccc3c4c(ccc(c24)C(=O)N1/N=C/c1cccc([N+](=O)[O-])c1)CC3. The van der Waals surface area contributed by atoms with E-state index < -0.39 is 16.7 Å². The van der Waals surface area contributed by atoms with Crippen molar-refractivity contribution < 1.29 is 14.5 Å². The van der Waals surface area contributed by atoms with Gasteiger partial charge in [0, 0.05) is 23.1 Å². The smallest absolute Gasteiger partial charge is 0.267 e. The normalized spacial score (nSPS) is 15.1. The lowest BCUT2D eigenvalue weighted by Crippen LogP contribution is -2.36. The Morgan fingerprint density at radius 1 is 0.929 bits per heavy atom. The van der Waals surface area contributed by atoms with Crippen LogP contribution in [0.2, 0.25) is 0 Å². The molecule has 5 rings (SSSR count). The summed E-state index contributed by atoms with van der Waals surface area (Å²) in [6, 6.07) is 13.2. The molecule has 1 aliphatic heterocycles. The van der Waals surface area contributed by atoms with E-state index in [0.717, 1.165) is 34.4 Å². The topological polar surface area (TPSA) is 92.9 Å². The zero-order valence-electron chi connectivity index (χ0n) is 14.6. The molecule has 3 aromatic rings. The molecule has 7 heteroatoms. The largest absolute Gasteiger partial charge is 0.282 e. The maximum atomic E-state index is 12.9. The van der Waals surface area contributed by atoms with Crippen LogP contribution in [0.5, 0.6) is 0 Å². The van der Waals surface area contributed by atoms with Gasteiger partial charge < -0.3 is 0 Å². The van der Waals surface area contributed by atoms with E-state index in [1.165, 1.54) is 24.4 Å². The number of imide groups is 1. The van der Waals surface area contributed by atoms with Crippen molar-refractivity contribution in [3.8, 4) is 0 Å². The van der Waals surface area contributed by atoms with Crippen LogP contribution in [0.4, 0.5) is 5.69 Å². The van der Waals surface area contributed by atoms with Crippen LogP contribution < -0.4 is 0 Å². The summed E-state index contributed by atoms with van der Waals surface area (Å²) in [5.41, 5.74) is 3.55. The molecule has 0 spiro atoms. The van der Waals surface area contributed by atoms with Crippen LogP contribution in [0.1, 0.15) is 37.4 Å². The molecule has 0 saturated heterocycles. The first-order valence-electron chi connectivity index (χ1n) is 8.79. The molecule has 1 heterocycles. The van der Waals surface area contributed by atoms with Crippen LogP contribution >= 0.6 is 0 Å². The molecule has 2 amide bonds. The molecule has 0 bridgehead atoms. The number of benzene rings is 3. The van der Waals surface area contributed by atoms with Gasteiger partial charge in [-0.15, -0.1) is 0 Å². The maximum Gasteiger partial charge on any atom is 0.282 e. The van der Waals surface area contributed by atoms with Crippen molar-refractivity contribution in [2.75, 3.05) is 0 Å². The molecule has 0 atom stereocenters. The second-order valence-corrected chi connectivity index (χ2v) is 6.81. The highest BCUT2D eigenvalue weighted by atomic mass is 16.6. The molecular weight excluding hydrogens is 358 g/mol. The third-order valence-corrected chi connectivity index (χ3v) is 5.25. The molecule has 0 unspecified atom stereocenters. The van der Waals surface area contributed by atoms with Crippen LogP contribution in [-0.2, 0) is 12.8 Å². The fourth-order valence-corrected chi connectivity index (χ4v) is 3.95. The van der Waals surface area contributed by atoms with Crippen LogP contribution in [-0.4, -0.2) is 28.0 Å². The van der Waals surface area contributed by atoms with Crippen molar-refractivity contribution in [2.45, 2.75) is 12.8 Å². The van der Waals surface area contributed by atoms with E-state index >= 15 is 0 Å². The number of aryl methyl sites for hydroxylation is 2. The van der Waals surface area contributed by atoms with Gasteiger partial charge in [-0.1, -0.05) is 24.3 Å². The van der Waals surface area contributed by atoms with Gasteiger partial charge in [-0.3, -0.25) is 19.7 Å². The minimum absolute atomic E-state index is 0.0891. The van der Waals surface area contributed by atoms with E-state index in [1.807, 2.05) is 12.1 Å². The molecule has 0 radical (unpaired) electrons. The first-order valence-corrected chi connectivity index (χ1v) is 8.79. The molecule has 0 aromatic heterocycles. The van der Waals surface area contributed by atoms with Crippen LogP contribution in [0.3, 0.4) is 0 Å². The third-order valence-electron chi connectivity index (χ3n) is 5.25. The summed E-state index contributed by atoms with van der Waals surface area (Å²) in [7, 11) is 0. The highest BCUT2D eigenvalue weighted by Gasteiger charge is 2.35. The summed E-state index contributed by atoms with van der Waals surface area (Å²) in [5, 5.41) is 17.5. The van der Waals surface area contributed by atoms with Gasteiger partial charge in [0.1, 0.15) is 0 Å². The highest BCUT2D eigenvalue weighted by molar-refractivity contribution is 6.26. The summed E-state index contributed by atoms with van der Waals surface area (Å²) >= 11 is 0. The molecular formula is C21H13N3O4. The van der Waals surface area contributed by atoms with E-state index in [-0.39, 0.29) is 5.69 Å². The van der Waals surface area contributed by atoms with Gasteiger partial charge in [-0.25, -0.2) is 0 Å². The first-order chi connectivity index (χ1) is 13.5. The first kappa shape index (κ1) is 16.3. The number of carbonyl (C=O) groups is 2. The average molecular weight is 371 g/mol. The Morgan fingerprint density at radius 2 is 1.57 bits per heavy atom. The van der Waals surface area contributed by atoms with Gasteiger partial charge in [-0.2, -0.15) is 10.1 Å². The van der Waals surface area contributed by atoms with E-state index in [2.05, 4.69) is 5.10 Å². The van der Waals surface area contributed by atoms with Gasteiger partial charge in [0.05, 0.1) is 22.3 Å². The van der Waals surface area contributed by atoms with E-state index in [1.54, 1.807) is 18.2 Å². The Labute approximate surface area is 159 Å². The summed E-state index contributed by atoms with van der Waals surface area (Å²) in [4.78, 5) is 36.3. The summed E-state index contributed by atoms with van der Waals surface area (Å²) in [6.07, 6.45) is 3.10. The Hall–Kier alpha value is -3.87. The number of non-ortho nitro benzene ring substituents is 1. The van der Waals surface area contributed by atoms with Crippen molar-refractivity contribution in [1.82, 2.24) is 5.01 Å². The van der Waals surface area contributed by atoms with Gasteiger partial charge >= 0.3 is 0 Å². The maximum absolute atomic E-state index is 12.9. The number of carbonyl (C=O) groups excluding carboxylic acids is 2.